The lowest BCUT2D eigenvalue weighted by Gasteiger charge is -2.50. The number of aromatic nitrogens is 4. The van der Waals surface area contributed by atoms with Gasteiger partial charge in [0.15, 0.2) is 0 Å². The number of hydrogen-bond donors (Lipinski definition) is 0. The fraction of sp³-hybridized carbons (Fsp3) is 0.818. The van der Waals surface area contributed by atoms with Crippen molar-refractivity contribution in [1.82, 2.24) is 20.4 Å². The van der Waals surface area contributed by atoms with Crippen molar-refractivity contribution in [1.29, 1.82) is 0 Å². The van der Waals surface area contributed by atoms with Crippen LogP contribution in [0.3, 0.4) is 0 Å². The van der Waals surface area contributed by atoms with Crippen LogP contribution in [0, 0.1) is 24.7 Å². The molecule has 9 unspecified atom stereocenters. The van der Waals surface area contributed by atoms with Crippen LogP contribution in [-0.4, -0.2) is 43.9 Å². The topological polar surface area (TPSA) is 77.8 Å². The molecule has 0 saturated heterocycles. The average Bonchev–Trinajstić information content (AvgIpc) is 3.38. The summed E-state index contributed by atoms with van der Waals surface area (Å²) < 4.78 is 12.1. The Bertz CT molecular complexity index is 895. The van der Waals surface area contributed by atoms with E-state index in [1.54, 1.807) is 0 Å². The van der Waals surface area contributed by atoms with Crippen LogP contribution in [0.4, 0.5) is 0 Å². The zero-order valence-corrected chi connectivity index (χ0v) is 18.5. The number of fused-ring (bicyclic) bond motifs is 1. The third-order valence-corrected chi connectivity index (χ3v) is 7.95. The third kappa shape index (κ3) is 4.02. The minimum absolute atomic E-state index is 0.0418. The van der Waals surface area contributed by atoms with Gasteiger partial charge in [-0.05, 0) is 43.4 Å². The van der Waals surface area contributed by atoms with Crippen LogP contribution in [0.2, 0.25) is 17.5 Å². The highest BCUT2D eigenvalue weighted by molar-refractivity contribution is 6.14. The molecule has 9 atom stereocenters. The largest absolute Gasteiger partial charge is 0.425 e. The van der Waals surface area contributed by atoms with Gasteiger partial charge in [0.1, 0.15) is 0 Å². The van der Waals surface area contributed by atoms with Crippen molar-refractivity contribution in [2.45, 2.75) is 94.0 Å². The molecule has 2 aromatic rings. The lowest BCUT2D eigenvalue weighted by atomic mass is 9.47. The van der Waals surface area contributed by atoms with Gasteiger partial charge in [0.25, 0.3) is 0 Å². The van der Waals surface area contributed by atoms with Crippen molar-refractivity contribution in [3.05, 3.63) is 23.6 Å². The van der Waals surface area contributed by atoms with Crippen molar-refractivity contribution in [2.75, 3.05) is 0 Å². The Morgan fingerprint density at radius 3 is 1.87 bits per heavy atom. The maximum atomic E-state index is 6.68. The van der Waals surface area contributed by atoms with Crippen LogP contribution in [-0.2, 0) is 0 Å². The van der Waals surface area contributed by atoms with Crippen molar-refractivity contribution in [3.8, 4) is 0 Å². The van der Waals surface area contributed by atoms with Gasteiger partial charge in [0.2, 0.25) is 23.6 Å². The molecule has 0 spiro atoms. The molecule has 6 radical (unpaired) electrons. The molecule has 3 saturated carbocycles. The smallest absolute Gasteiger partial charge is 0.219 e. The summed E-state index contributed by atoms with van der Waals surface area (Å²) in [6.07, 6.45) is 6.64. The minimum Gasteiger partial charge on any atom is -0.425 e. The molecule has 0 aromatic carbocycles. The predicted molar refractivity (Wildman–Crippen MR) is 119 cm³/mol. The first-order chi connectivity index (χ1) is 14.9. The molecule has 0 amide bonds. The molecule has 3 aliphatic rings. The normalized spacial score (nSPS) is 41.0. The molecule has 3 aliphatic carbocycles. The molecule has 3 fully saturated rings. The number of hydrogen-bond acceptors (Lipinski definition) is 6. The van der Waals surface area contributed by atoms with E-state index in [0.29, 0.717) is 23.6 Å². The second-order valence-corrected chi connectivity index (χ2v) is 10.3. The van der Waals surface area contributed by atoms with Gasteiger partial charge in [-0.15, -0.1) is 20.4 Å². The molecule has 2 heterocycles. The summed E-state index contributed by atoms with van der Waals surface area (Å²) in [6.45, 7) is 4.07. The molecule has 9 heteroatoms. The Kier molecular flexibility index (Phi) is 5.80. The summed E-state index contributed by atoms with van der Waals surface area (Å²) in [7, 11) is 19.6. The molecule has 158 valence electrons. The van der Waals surface area contributed by atoms with Crippen LogP contribution < -0.4 is 0 Å². The van der Waals surface area contributed by atoms with Crippen LogP contribution in [0.15, 0.2) is 8.83 Å². The van der Waals surface area contributed by atoms with Crippen LogP contribution in [0.1, 0.15) is 93.2 Å². The number of aryl methyl sites for hydroxylation is 1. The molecule has 2 aromatic heterocycles. The Morgan fingerprint density at radius 1 is 0.710 bits per heavy atom. The van der Waals surface area contributed by atoms with E-state index in [1.165, 1.54) is 0 Å². The highest BCUT2D eigenvalue weighted by atomic mass is 16.4. The maximum Gasteiger partial charge on any atom is 0.219 e. The minimum atomic E-state index is 0.0418. The van der Waals surface area contributed by atoms with Gasteiger partial charge >= 0.3 is 0 Å². The van der Waals surface area contributed by atoms with Gasteiger partial charge in [-0.3, -0.25) is 0 Å². The highest BCUT2D eigenvalue weighted by Gasteiger charge is 2.50. The SMILES string of the molecule is [B]C1CC(C)CC(c2nnc(C3CCC(c4nnc(C)o4)C4C([B])CCC([B])C34)o2)C1. The van der Waals surface area contributed by atoms with E-state index < -0.39 is 0 Å². The summed E-state index contributed by atoms with van der Waals surface area (Å²) in [5.74, 6) is 4.40. The third-order valence-electron chi connectivity index (χ3n) is 7.95. The van der Waals surface area contributed by atoms with Gasteiger partial charge < -0.3 is 8.83 Å². The van der Waals surface area contributed by atoms with Gasteiger partial charge in [-0.25, -0.2) is 0 Å². The summed E-state index contributed by atoms with van der Waals surface area (Å²) >= 11 is 0. The molecule has 31 heavy (non-hydrogen) atoms. The van der Waals surface area contributed by atoms with Gasteiger partial charge in [0.05, 0.1) is 23.5 Å². The molecular formula is C22H29B3N4O2. The van der Waals surface area contributed by atoms with Crippen LogP contribution in [0.25, 0.3) is 0 Å². The van der Waals surface area contributed by atoms with E-state index in [9.17, 15) is 0 Å². The Labute approximate surface area is 188 Å². The van der Waals surface area contributed by atoms with E-state index in [-0.39, 0.29) is 47.0 Å². The highest BCUT2D eigenvalue weighted by Crippen LogP contribution is 2.59. The van der Waals surface area contributed by atoms with E-state index in [4.69, 9.17) is 32.4 Å². The quantitative estimate of drug-likeness (QED) is 0.701. The van der Waals surface area contributed by atoms with Crippen molar-refractivity contribution >= 4 is 23.5 Å². The monoisotopic (exact) mass is 414 g/mol. The Balaban J connectivity index is 1.42. The number of rotatable bonds is 3. The lowest BCUT2D eigenvalue weighted by molar-refractivity contribution is 0.0955. The van der Waals surface area contributed by atoms with E-state index >= 15 is 0 Å². The summed E-state index contributed by atoms with van der Waals surface area (Å²) in [5, 5.41) is 17.3. The summed E-state index contributed by atoms with van der Waals surface area (Å²) in [5.41, 5.74) is 0. The zero-order chi connectivity index (χ0) is 21.7. The van der Waals surface area contributed by atoms with Crippen molar-refractivity contribution in [3.63, 3.8) is 0 Å². The Hall–Kier alpha value is -1.53. The molecular weight excluding hydrogens is 385 g/mol. The van der Waals surface area contributed by atoms with Crippen LogP contribution in [0.5, 0.6) is 0 Å². The maximum absolute atomic E-state index is 6.68. The predicted octanol–water partition coefficient (Wildman–Crippen LogP) is 4.22. The number of nitrogens with zero attached hydrogens (tertiary/aromatic N) is 4. The Morgan fingerprint density at radius 2 is 1.29 bits per heavy atom. The molecule has 0 aliphatic heterocycles. The van der Waals surface area contributed by atoms with Crippen molar-refractivity contribution in [2.24, 2.45) is 17.8 Å². The summed E-state index contributed by atoms with van der Waals surface area (Å²) in [4.78, 5) is 0. The standard InChI is InChI=1S/C22H29B3N4O2/c1-10-7-12(9-13(23)8-10)20-27-29-22(31-20)15-4-3-14(21-28-26-11(2)30-21)18-16(24)5-6-17(25)19(15)18/h10,12-19H,3-9H2,1-2H3. The first kappa shape index (κ1) is 21.3. The second-order valence-electron chi connectivity index (χ2n) is 10.3. The average molecular weight is 414 g/mol. The van der Waals surface area contributed by atoms with Crippen molar-refractivity contribution < 1.29 is 8.83 Å². The van der Waals surface area contributed by atoms with E-state index in [1.807, 2.05) is 6.92 Å². The van der Waals surface area contributed by atoms with E-state index in [2.05, 4.69) is 27.3 Å². The van der Waals surface area contributed by atoms with E-state index in [0.717, 1.165) is 50.8 Å². The van der Waals surface area contributed by atoms with Gasteiger partial charge in [-0.2, -0.15) is 0 Å². The first-order valence-corrected chi connectivity index (χ1v) is 11.8. The zero-order valence-electron chi connectivity index (χ0n) is 18.5. The molecule has 0 N–H and O–H groups in total. The fourth-order valence-corrected chi connectivity index (χ4v) is 6.68. The lowest BCUT2D eigenvalue weighted by Crippen LogP contribution is -2.41. The summed E-state index contributed by atoms with van der Waals surface area (Å²) in [6, 6.07) is 0. The van der Waals surface area contributed by atoms with Crippen LogP contribution >= 0.6 is 0 Å². The fourth-order valence-electron chi connectivity index (χ4n) is 6.68. The molecule has 6 nitrogen and oxygen atoms in total. The van der Waals surface area contributed by atoms with Gasteiger partial charge in [0, 0.05) is 24.7 Å². The second kappa shape index (κ2) is 8.44. The first-order valence-electron chi connectivity index (χ1n) is 11.8. The van der Waals surface area contributed by atoms with Gasteiger partial charge in [-0.1, -0.05) is 43.6 Å². The molecule has 5 rings (SSSR count). The molecule has 0 bridgehead atoms.